The number of allylic oxidation sites excluding steroid dienone is 2. The van der Waals surface area contributed by atoms with Crippen LogP contribution in [0.3, 0.4) is 0 Å². The fourth-order valence-electron chi connectivity index (χ4n) is 5.96. The van der Waals surface area contributed by atoms with Gasteiger partial charge in [-0.3, -0.25) is 4.79 Å². The predicted molar refractivity (Wildman–Crippen MR) is 161 cm³/mol. The quantitative estimate of drug-likeness (QED) is 0.104. The summed E-state index contributed by atoms with van der Waals surface area (Å²) in [6.45, 7) is 16.8. The molecule has 0 spiro atoms. The van der Waals surface area contributed by atoms with Crippen molar-refractivity contribution in [1.29, 1.82) is 0 Å². The molecule has 0 radical (unpaired) electrons. The number of ether oxygens (including phenoxy) is 2. The molecule has 0 amide bonds. The molecule has 228 valence electrons. The lowest BCUT2D eigenvalue weighted by Gasteiger charge is -2.41. The number of carboxylic acid groups (broad SMARTS) is 1. The van der Waals surface area contributed by atoms with Crippen LogP contribution in [0.25, 0.3) is 0 Å². The van der Waals surface area contributed by atoms with E-state index in [0.29, 0.717) is 12.8 Å². The summed E-state index contributed by atoms with van der Waals surface area (Å²) in [5.41, 5.74) is -0.298. The highest BCUT2D eigenvalue weighted by molar-refractivity contribution is 6.74. The van der Waals surface area contributed by atoms with Crippen LogP contribution in [0.2, 0.25) is 18.1 Å². The zero-order valence-electron chi connectivity index (χ0n) is 26.2. The fraction of sp³-hybridized carbons (Fsp3) is 0.906. The first-order valence-electron chi connectivity index (χ1n) is 15.8. The van der Waals surface area contributed by atoms with Crippen molar-refractivity contribution in [1.82, 2.24) is 0 Å². The molecule has 6 atom stereocenters. The molecule has 1 heterocycles. The van der Waals surface area contributed by atoms with E-state index < -0.39 is 20.4 Å². The number of hydrogen-bond acceptors (Lipinski definition) is 5. The molecule has 2 unspecified atom stereocenters. The van der Waals surface area contributed by atoms with Crippen molar-refractivity contribution >= 4 is 14.3 Å². The van der Waals surface area contributed by atoms with E-state index in [0.717, 1.165) is 58.0 Å². The predicted octanol–water partition coefficient (Wildman–Crippen LogP) is 8.24. The summed E-state index contributed by atoms with van der Waals surface area (Å²) in [7, 11) is -1.90. The second kappa shape index (κ2) is 16.0. The maximum Gasteiger partial charge on any atom is 0.303 e. The lowest BCUT2D eigenvalue weighted by molar-refractivity contribution is -0.198. The zero-order chi connectivity index (χ0) is 29.1. The highest BCUT2D eigenvalue weighted by atomic mass is 28.4. The summed E-state index contributed by atoms with van der Waals surface area (Å²) in [6, 6.07) is 0. The molecule has 1 saturated heterocycles. The van der Waals surface area contributed by atoms with E-state index in [9.17, 15) is 9.90 Å². The van der Waals surface area contributed by atoms with Gasteiger partial charge in [0.15, 0.2) is 14.6 Å². The van der Waals surface area contributed by atoms with Crippen LogP contribution in [0.5, 0.6) is 0 Å². The molecule has 2 rings (SSSR count). The Labute approximate surface area is 240 Å². The normalized spacial score (nSPS) is 29.2. The van der Waals surface area contributed by atoms with Gasteiger partial charge < -0.3 is 24.1 Å². The topological polar surface area (TPSA) is 85.2 Å². The maximum atomic E-state index is 11.4. The van der Waals surface area contributed by atoms with E-state index in [4.69, 9.17) is 19.0 Å². The first-order chi connectivity index (χ1) is 18.3. The Bertz CT molecular complexity index is 741. The molecule has 39 heavy (non-hydrogen) atoms. The highest BCUT2D eigenvalue weighted by Gasteiger charge is 2.52. The third-order valence-electron chi connectivity index (χ3n) is 9.66. The molecule has 7 heteroatoms. The first kappa shape index (κ1) is 34.5. The molecule has 0 aromatic heterocycles. The summed E-state index contributed by atoms with van der Waals surface area (Å²) >= 11 is 0. The lowest BCUT2D eigenvalue weighted by atomic mass is 9.72. The van der Waals surface area contributed by atoms with Gasteiger partial charge in [-0.2, -0.15) is 0 Å². The van der Waals surface area contributed by atoms with Crippen LogP contribution in [0.1, 0.15) is 125 Å². The number of aliphatic carboxylic acids is 1. The molecule has 1 saturated carbocycles. The molecular weight excluding hydrogens is 508 g/mol. The van der Waals surface area contributed by atoms with Gasteiger partial charge >= 0.3 is 5.97 Å². The molecule has 6 nitrogen and oxygen atoms in total. The molecule has 2 aliphatic rings. The van der Waals surface area contributed by atoms with Gasteiger partial charge in [0.1, 0.15) is 0 Å². The van der Waals surface area contributed by atoms with Crippen molar-refractivity contribution in [2.24, 2.45) is 11.3 Å². The average molecular weight is 569 g/mol. The molecule has 0 bridgehead atoms. The van der Waals surface area contributed by atoms with E-state index in [1.807, 2.05) is 0 Å². The van der Waals surface area contributed by atoms with Crippen LogP contribution in [-0.4, -0.2) is 55.7 Å². The number of carboxylic acids is 1. The maximum absolute atomic E-state index is 11.4. The largest absolute Gasteiger partial charge is 0.481 e. The van der Waals surface area contributed by atoms with Crippen molar-refractivity contribution in [2.75, 3.05) is 6.61 Å². The zero-order valence-corrected chi connectivity index (χ0v) is 27.2. The van der Waals surface area contributed by atoms with Gasteiger partial charge in [-0.15, -0.1) is 0 Å². The average Bonchev–Trinajstić information content (AvgIpc) is 3.08. The number of carbonyl (C=O) groups is 1. The molecule has 0 aromatic rings. The van der Waals surface area contributed by atoms with Gasteiger partial charge in [0.25, 0.3) is 0 Å². The van der Waals surface area contributed by atoms with E-state index in [2.05, 4.69) is 59.9 Å². The SMILES string of the molecule is CCCCC[C@@H](CC[C@H]1C(OC2CCCCO2)C[C@H](O)[C@]1(C)CC=CCCCC(=O)O)O[Si](C)(C)C(C)(C)C. The summed E-state index contributed by atoms with van der Waals surface area (Å²) in [4.78, 5) is 10.8. The van der Waals surface area contributed by atoms with E-state index in [1.165, 1.54) is 19.3 Å². The van der Waals surface area contributed by atoms with Gasteiger partial charge in [-0.25, -0.2) is 0 Å². The van der Waals surface area contributed by atoms with Crippen LogP contribution in [0.4, 0.5) is 0 Å². The monoisotopic (exact) mass is 568 g/mol. The van der Waals surface area contributed by atoms with Gasteiger partial charge in [0.05, 0.1) is 12.2 Å². The summed E-state index contributed by atoms with van der Waals surface area (Å²) in [6.07, 6.45) is 16.6. The summed E-state index contributed by atoms with van der Waals surface area (Å²) in [5, 5.41) is 20.5. The Balaban J connectivity index is 2.17. The molecule has 2 N–H and O–H groups in total. The van der Waals surface area contributed by atoms with Crippen molar-refractivity contribution < 1.29 is 28.9 Å². The minimum absolute atomic E-state index is 0.0299. The smallest absolute Gasteiger partial charge is 0.303 e. The first-order valence-corrected chi connectivity index (χ1v) is 18.7. The molecule has 1 aliphatic heterocycles. The number of hydrogen-bond donors (Lipinski definition) is 2. The van der Waals surface area contributed by atoms with Crippen molar-refractivity contribution in [3.8, 4) is 0 Å². The summed E-state index contributed by atoms with van der Waals surface area (Å²) < 4.78 is 19.5. The third-order valence-corrected chi connectivity index (χ3v) is 14.2. The Morgan fingerprint density at radius 3 is 2.51 bits per heavy atom. The Morgan fingerprint density at radius 1 is 1.15 bits per heavy atom. The van der Waals surface area contributed by atoms with E-state index in [1.54, 1.807) is 0 Å². The van der Waals surface area contributed by atoms with Crippen LogP contribution < -0.4 is 0 Å². The van der Waals surface area contributed by atoms with Crippen molar-refractivity contribution in [2.45, 2.75) is 167 Å². The van der Waals surface area contributed by atoms with Gasteiger partial charge in [-0.1, -0.05) is 66.0 Å². The molecule has 1 aliphatic carbocycles. The molecule has 2 fully saturated rings. The molecule has 0 aromatic carbocycles. The minimum atomic E-state index is -1.90. The van der Waals surface area contributed by atoms with Gasteiger partial charge in [-0.05, 0) is 81.8 Å². The highest BCUT2D eigenvalue weighted by Crippen LogP contribution is 2.51. The number of aliphatic hydroxyl groups is 1. The minimum Gasteiger partial charge on any atom is -0.481 e. The fourth-order valence-corrected chi connectivity index (χ4v) is 7.38. The number of unbranched alkanes of at least 4 members (excludes halogenated alkanes) is 3. The second-order valence-corrected chi connectivity index (χ2v) is 18.6. The van der Waals surface area contributed by atoms with Crippen LogP contribution in [-0.2, 0) is 18.7 Å². The van der Waals surface area contributed by atoms with Gasteiger partial charge in [0.2, 0.25) is 0 Å². The second-order valence-electron chi connectivity index (χ2n) is 13.9. The Kier molecular flexibility index (Phi) is 14.2. The van der Waals surface area contributed by atoms with E-state index in [-0.39, 0.29) is 41.3 Å². The van der Waals surface area contributed by atoms with Crippen LogP contribution >= 0.6 is 0 Å². The Hall–Kier alpha value is -0.733. The standard InChI is InChI=1S/C32H60O6Si/c1-8-9-12-17-25(38-39(6,7)31(2,3)4)20-21-26-27(37-30-19-14-16-23-36-30)24-28(33)32(26,5)22-15-11-10-13-18-29(34)35/h11,15,25-28,30,33H,8-10,12-14,16-24H2,1-7H3,(H,34,35)/t25-,26-,27?,28-,30?,32+/m0/s1. The van der Waals surface area contributed by atoms with E-state index >= 15 is 0 Å². The van der Waals surface area contributed by atoms with Crippen LogP contribution in [0, 0.1) is 11.3 Å². The van der Waals surface area contributed by atoms with Crippen molar-refractivity contribution in [3.05, 3.63) is 12.2 Å². The summed E-state index contributed by atoms with van der Waals surface area (Å²) in [5.74, 6) is -0.543. The Morgan fingerprint density at radius 2 is 1.90 bits per heavy atom. The van der Waals surface area contributed by atoms with Crippen molar-refractivity contribution in [3.63, 3.8) is 0 Å². The third kappa shape index (κ3) is 10.9. The molecular formula is C32H60O6Si. The van der Waals surface area contributed by atoms with Crippen LogP contribution in [0.15, 0.2) is 12.2 Å². The lowest BCUT2D eigenvalue weighted by Crippen LogP contribution is -2.44. The number of aliphatic hydroxyl groups excluding tert-OH is 1. The number of rotatable bonds is 17. The van der Waals surface area contributed by atoms with Gasteiger partial charge in [0, 0.05) is 31.0 Å².